The monoisotopic (exact) mass is 284 g/mol. The van der Waals surface area contributed by atoms with Crippen LogP contribution < -0.4 is 0 Å². The van der Waals surface area contributed by atoms with Crippen molar-refractivity contribution in [1.29, 1.82) is 0 Å². The van der Waals surface area contributed by atoms with Crippen molar-refractivity contribution in [2.24, 2.45) is 5.92 Å². The molecule has 2 atom stereocenters. The maximum atomic E-state index is 12.6. The Bertz CT molecular complexity index is 397. The summed E-state index contributed by atoms with van der Waals surface area (Å²) in [5.41, 5.74) is -0.352. The van der Waals surface area contributed by atoms with E-state index in [0.29, 0.717) is 32.6 Å². The minimum Gasteiger partial charge on any atom is -0.481 e. The van der Waals surface area contributed by atoms with Gasteiger partial charge in [0, 0.05) is 19.6 Å². The summed E-state index contributed by atoms with van der Waals surface area (Å²) >= 11 is 0. The van der Waals surface area contributed by atoms with E-state index in [1.165, 1.54) is 0 Å². The topological polar surface area (TPSA) is 70.1 Å². The van der Waals surface area contributed by atoms with Crippen molar-refractivity contribution in [3.8, 4) is 0 Å². The normalized spacial score (nSPS) is 30.1. The van der Waals surface area contributed by atoms with E-state index in [1.807, 2.05) is 20.8 Å². The van der Waals surface area contributed by atoms with Crippen molar-refractivity contribution in [3.05, 3.63) is 0 Å². The molecule has 2 aliphatic rings. The van der Waals surface area contributed by atoms with Crippen LogP contribution in [0.3, 0.4) is 0 Å². The van der Waals surface area contributed by atoms with E-state index in [-0.39, 0.29) is 17.7 Å². The molecular formula is C14H24N2O4. The van der Waals surface area contributed by atoms with Gasteiger partial charge in [-0.1, -0.05) is 0 Å². The largest absolute Gasteiger partial charge is 0.481 e. The molecule has 2 aliphatic heterocycles. The molecule has 0 radical (unpaired) electrons. The van der Waals surface area contributed by atoms with Gasteiger partial charge in [0.1, 0.15) is 0 Å². The Balaban J connectivity index is 2.01. The van der Waals surface area contributed by atoms with Gasteiger partial charge in [0.15, 0.2) is 0 Å². The summed E-state index contributed by atoms with van der Waals surface area (Å²) < 4.78 is 5.79. The van der Waals surface area contributed by atoms with Gasteiger partial charge in [-0.3, -0.25) is 4.79 Å². The number of hydrogen-bond donors (Lipinski definition) is 1. The molecular weight excluding hydrogens is 260 g/mol. The summed E-state index contributed by atoms with van der Waals surface area (Å²) in [6, 6.07) is -0.0563. The first-order chi connectivity index (χ1) is 9.28. The number of carboxylic acids is 1. The Morgan fingerprint density at radius 1 is 1.25 bits per heavy atom. The standard InChI is InChI=1S/C14H24N2O4/c1-10-7-16(9-14(2,3)20-10)13(19)15-6-4-5-11(8-15)12(17)18/h10-11H,4-9H2,1-3H3,(H,17,18)/t10?,11-/m0/s1. The number of piperidine rings is 1. The Hall–Kier alpha value is -1.30. The third-order valence-corrected chi connectivity index (χ3v) is 3.88. The summed E-state index contributed by atoms with van der Waals surface area (Å²) in [6.07, 6.45) is 1.42. The number of carbonyl (C=O) groups is 2. The zero-order valence-electron chi connectivity index (χ0n) is 12.5. The van der Waals surface area contributed by atoms with Gasteiger partial charge >= 0.3 is 12.0 Å². The van der Waals surface area contributed by atoms with E-state index < -0.39 is 11.9 Å². The average Bonchev–Trinajstić information content (AvgIpc) is 2.35. The third-order valence-electron chi connectivity index (χ3n) is 3.88. The highest BCUT2D eigenvalue weighted by Gasteiger charge is 2.37. The second-order valence-electron chi connectivity index (χ2n) is 6.47. The predicted octanol–water partition coefficient (Wildman–Crippen LogP) is 1.40. The van der Waals surface area contributed by atoms with Crippen molar-refractivity contribution in [2.75, 3.05) is 26.2 Å². The van der Waals surface area contributed by atoms with Gasteiger partial charge in [-0.2, -0.15) is 0 Å². The van der Waals surface area contributed by atoms with Crippen LogP contribution in [0.5, 0.6) is 0 Å². The maximum absolute atomic E-state index is 12.6. The zero-order valence-corrected chi connectivity index (χ0v) is 12.5. The summed E-state index contributed by atoms with van der Waals surface area (Å²) in [4.78, 5) is 27.1. The lowest BCUT2D eigenvalue weighted by molar-refractivity contribution is -0.143. The minimum absolute atomic E-state index is 0.00256. The van der Waals surface area contributed by atoms with E-state index >= 15 is 0 Å². The fourth-order valence-corrected chi connectivity index (χ4v) is 3.15. The highest BCUT2D eigenvalue weighted by atomic mass is 16.5. The van der Waals surface area contributed by atoms with Gasteiger partial charge in [0.05, 0.1) is 24.2 Å². The summed E-state index contributed by atoms with van der Waals surface area (Å²) in [5.74, 6) is -1.24. The lowest BCUT2D eigenvalue weighted by Crippen LogP contribution is -2.58. The molecule has 1 unspecified atom stereocenters. The lowest BCUT2D eigenvalue weighted by atomic mass is 9.98. The van der Waals surface area contributed by atoms with Gasteiger partial charge in [-0.15, -0.1) is 0 Å². The van der Waals surface area contributed by atoms with E-state index in [0.717, 1.165) is 6.42 Å². The van der Waals surface area contributed by atoms with Crippen LogP contribution in [0, 0.1) is 5.92 Å². The van der Waals surface area contributed by atoms with Crippen LogP contribution in [0.25, 0.3) is 0 Å². The van der Waals surface area contributed by atoms with Crippen LogP contribution in [0.4, 0.5) is 4.79 Å². The van der Waals surface area contributed by atoms with Crippen molar-refractivity contribution < 1.29 is 19.4 Å². The molecule has 0 saturated carbocycles. The Morgan fingerprint density at radius 2 is 1.95 bits per heavy atom. The smallest absolute Gasteiger partial charge is 0.320 e. The molecule has 20 heavy (non-hydrogen) atoms. The van der Waals surface area contributed by atoms with E-state index in [1.54, 1.807) is 9.80 Å². The van der Waals surface area contributed by atoms with Crippen molar-refractivity contribution in [1.82, 2.24) is 9.80 Å². The second kappa shape index (κ2) is 5.60. The zero-order chi connectivity index (χ0) is 14.9. The molecule has 0 bridgehead atoms. The van der Waals surface area contributed by atoms with Gasteiger partial charge in [0.25, 0.3) is 0 Å². The molecule has 0 aromatic carbocycles. The maximum Gasteiger partial charge on any atom is 0.320 e. The number of aliphatic carboxylic acids is 1. The molecule has 2 amide bonds. The van der Waals surface area contributed by atoms with Crippen LogP contribution in [0.1, 0.15) is 33.6 Å². The molecule has 2 rings (SSSR count). The van der Waals surface area contributed by atoms with Crippen LogP contribution in [-0.2, 0) is 9.53 Å². The van der Waals surface area contributed by atoms with Gasteiger partial charge in [0.2, 0.25) is 0 Å². The SMILES string of the molecule is CC1CN(C(=O)N2CCC[C@H](C(=O)O)C2)CC(C)(C)O1. The number of likely N-dealkylation sites (tertiary alicyclic amines) is 1. The van der Waals surface area contributed by atoms with Gasteiger partial charge in [-0.25, -0.2) is 4.79 Å². The lowest BCUT2D eigenvalue weighted by Gasteiger charge is -2.44. The molecule has 2 saturated heterocycles. The van der Waals surface area contributed by atoms with Crippen LogP contribution in [-0.4, -0.2) is 64.8 Å². The fraction of sp³-hybridized carbons (Fsp3) is 0.857. The van der Waals surface area contributed by atoms with Crippen LogP contribution in [0.15, 0.2) is 0 Å². The molecule has 114 valence electrons. The first kappa shape index (κ1) is 15.1. The molecule has 0 aliphatic carbocycles. The second-order valence-corrected chi connectivity index (χ2v) is 6.47. The summed E-state index contributed by atoms with van der Waals surface area (Å²) in [6.45, 7) is 7.98. The van der Waals surface area contributed by atoms with E-state index in [9.17, 15) is 9.59 Å². The number of carboxylic acid groups (broad SMARTS) is 1. The molecule has 0 spiro atoms. The minimum atomic E-state index is -0.807. The third kappa shape index (κ3) is 3.42. The molecule has 6 heteroatoms. The van der Waals surface area contributed by atoms with Crippen molar-refractivity contribution in [2.45, 2.75) is 45.3 Å². The van der Waals surface area contributed by atoms with Gasteiger partial charge in [-0.05, 0) is 33.6 Å². The quantitative estimate of drug-likeness (QED) is 0.790. The summed E-state index contributed by atoms with van der Waals surface area (Å²) in [7, 11) is 0. The van der Waals surface area contributed by atoms with E-state index in [4.69, 9.17) is 9.84 Å². The number of rotatable bonds is 1. The average molecular weight is 284 g/mol. The molecule has 2 heterocycles. The molecule has 2 fully saturated rings. The van der Waals surface area contributed by atoms with Crippen LogP contribution >= 0.6 is 0 Å². The van der Waals surface area contributed by atoms with Gasteiger partial charge < -0.3 is 19.6 Å². The molecule has 0 aromatic rings. The van der Waals surface area contributed by atoms with E-state index in [2.05, 4.69) is 0 Å². The number of nitrogens with zero attached hydrogens (tertiary/aromatic N) is 2. The number of carbonyl (C=O) groups excluding carboxylic acids is 1. The first-order valence-electron chi connectivity index (χ1n) is 7.23. The summed E-state index contributed by atoms with van der Waals surface area (Å²) in [5, 5.41) is 9.10. The highest BCUT2D eigenvalue weighted by molar-refractivity contribution is 5.77. The predicted molar refractivity (Wildman–Crippen MR) is 73.5 cm³/mol. The number of morpholine rings is 1. The van der Waals surface area contributed by atoms with Crippen LogP contribution in [0.2, 0.25) is 0 Å². The number of urea groups is 1. The van der Waals surface area contributed by atoms with Crippen molar-refractivity contribution >= 4 is 12.0 Å². The Labute approximate surface area is 119 Å². The first-order valence-corrected chi connectivity index (χ1v) is 7.23. The Kier molecular flexibility index (Phi) is 4.22. The molecule has 0 aromatic heterocycles. The molecule has 6 nitrogen and oxygen atoms in total. The van der Waals surface area contributed by atoms with Crippen molar-refractivity contribution in [3.63, 3.8) is 0 Å². The highest BCUT2D eigenvalue weighted by Crippen LogP contribution is 2.24. The number of ether oxygens (including phenoxy) is 1. The Morgan fingerprint density at radius 3 is 2.55 bits per heavy atom. The number of amides is 2. The fourth-order valence-electron chi connectivity index (χ4n) is 3.15. The number of hydrogen-bond acceptors (Lipinski definition) is 3. The molecule has 1 N–H and O–H groups in total.